The van der Waals surface area contributed by atoms with Gasteiger partial charge < -0.3 is 9.80 Å². The molecule has 1 heterocycles. The van der Waals surface area contributed by atoms with Crippen molar-refractivity contribution >= 4 is 6.03 Å². The lowest BCUT2D eigenvalue weighted by atomic mass is 10.0. The van der Waals surface area contributed by atoms with Gasteiger partial charge in [0.05, 0.1) is 12.1 Å². The van der Waals surface area contributed by atoms with Gasteiger partial charge in [0.1, 0.15) is 0 Å². The maximum Gasteiger partial charge on any atom is 0.320 e. The van der Waals surface area contributed by atoms with Crippen molar-refractivity contribution in [2.45, 2.75) is 44.2 Å². The second-order valence-corrected chi connectivity index (χ2v) is 4.28. The first-order chi connectivity index (χ1) is 6.22. The lowest BCUT2D eigenvalue weighted by molar-refractivity contribution is 0.198. The van der Waals surface area contributed by atoms with Crippen LogP contribution in [0.25, 0.3) is 0 Å². The summed E-state index contributed by atoms with van der Waals surface area (Å²) in [5.74, 6) is 0. The van der Waals surface area contributed by atoms with E-state index in [2.05, 4.69) is 0 Å². The van der Waals surface area contributed by atoms with Gasteiger partial charge in [0.25, 0.3) is 0 Å². The maximum atomic E-state index is 11.6. The van der Waals surface area contributed by atoms with Crippen LogP contribution in [0.5, 0.6) is 0 Å². The van der Waals surface area contributed by atoms with Gasteiger partial charge in [-0.1, -0.05) is 19.3 Å². The highest BCUT2D eigenvalue weighted by atomic mass is 16.2. The molecule has 1 aliphatic carbocycles. The molecule has 13 heavy (non-hydrogen) atoms. The van der Waals surface area contributed by atoms with E-state index < -0.39 is 0 Å². The maximum absolute atomic E-state index is 11.6. The van der Waals surface area contributed by atoms with Gasteiger partial charge in [0.2, 0.25) is 0 Å². The molecule has 3 nitrogen and oxygen atoms in total. The van der Waals surface area contributed by atoms with Crippen molar-refractivity contribution in [3.63, 3.8) is 0 Å². The van der Waals surface area contributed by atoms with Gasteiger partial charge in [-0.3, -0.25) is 0 Å². The SMILES string of the molecule is CN1C(=O)N(C)[C@H]2CCCCCC21. The Labute approximate surface area is 79.7 Å². The van der Waals surface area contributed by atoms with Crippen molar-refractivity contribution < 1.29 is 4.79 Å². The van der Waals surface area contributed by atoms with E-state index in [-0.39, 0.29) is 6.03 Å². The Balaban J connectivity index is 2.17. The highest BCUT2D eigenvalue weighted by molar-refractivity contribution is 5.77. The third-order valence-electron chi connectivity index (χ3n) is 3.54. The zero-order valence-electron chi connectivity index (χ0n) is 8.49. The Morgan fingerprint density at radius 2 is 1.46 bits per heavy atom. The number of likely N-dealkylation sites (N-methyl/N-ethyl adjacent to an activating group) is 2. The highest BCUT2D eigenvalue weighted by Gasteiger charge is 2.41. The van der Waals surface area contributed by atoms with E-state index in [4.69, 9.17) is 0 Å². The number of hydrogen-bond acceptors (Lipinski definition) is 1. The first-order valence-electron chi connectivity index (χ1n) is 5.21. The fourth-order valence-corrected chi connectivity index (χ4v) is 2.70. The van der Waals surface area contributed by atoms with E-state index >= 15 is 0 Å². The normalized spacial score (nSPS) is 34.8. The van der Waals surface area contributed by atoms with E-state index in [1.165, 1.54) is 32.1 Å². The summed E-state index contributed by atoms with van der Waals surface area (Å²) in [5.41, 5.74) is 0. The standard InChI is InChI=1S/C10H18N2O/c1-11-8-6-4-3-5-7-9(8)12(2)10(11)13/h8-9H,3-7H2,1-2H3/t8-,9?/m0/s1. The number of fused-ring (bicyclic) bond motifs is 1. The summed E-state index contributed by atoms with van der Waals surface area (Å²) in [6.07, 6.45) is 6.29. The Hall–Kier alpha value is -0.730. The molecule has 0 aromatic rings. The largest absolute Gasteiger partial charge is 0.323 e. The Bertz CT molecular complexity index is 197. The minimum atomic E-state index is 0.205. The molecule has 0 bridgehead atoms. The van der Waals surface area contributed by atoms with Gasteiger partial charge in [-0.05, 0) is 12.8 Å². The van der Waals surface area contributed by atoms with Crippen LogP contribution in [0.15, 0.2) is 0 Å². The molecular weight excluding hydrogens is 164 g/mol. The highest BCUT2D eigenvalue weighted by Crippen LogP contribution is 2.30. The predicted molar refractivity (Wildman–Crippen MR) is 51.6 cm³/mol. The van der Waals surface area contributed by atoms with Gasteiger partial charge in [0.15, 0.2) is 0 Å². The van der Waals surface area contributed by atoms with Crippen molar-refractivity contribution in [3.8, 4) is 0 Å². The average molecular weight is 182 g/mol. The van der Waals surface area contributed by atoms with E-state index in [1.54, 1.807) is 0 Å². The Kier molecular flexibility index (Phi) is 2.18. The summed E-state index contributed by atoms with van der Waals surface area (Å²) >= 11 is 0. The molecule has 0 spiro atoms. The number of carbonyl (C=O) groups excluding carboxylic acids is 1. The predicted octanol–water partition coefficient (Wildman–Crippen LogP) is 1.68. The van der Waals surface area contributed by atoms with Crippen molar-refractivity contribution in [2.75, 3.05) is 14.1 Å². The van der Waals surface area contributed by atoms with Crippen LogP contribution < -0.4 is 0 Å². The fraction of sp³-hybridized carbons (Fsp3) is 0.900. The van der Waals surface area contributed by atoms with E-state index in [1.807, 2.05) is 23.9 Å². The smallest absolute Gasteiger partial charge is 0.320 e. The summed E-state index contributed by atoms with van der Waals surface area (Å²) < 4.78 is 0. The molecule has 1 aliphatic heterocycles. The number of rotatable bonds is 0. The molecule has 2 aliphatic rings. The monoisotopic (exact) mass is 182 g/mol. The van der Waals surface area contributed by atoms with Crippen LogP contribution in [0.1, 0.15) is 32.1 Å². The molecule has 0 aromatic heterocycles. The zero-order valence-corrected chi connectivity index (χ0v) is 8.49. The van der Waals surface area contributed by atoms with Crippen LogP contribution in [0, 0.1) is 0 Å². The Morgan fingerprint density at radius 3 is 1.92 bits per heavy atom. The molecule has 1 unspecified atom stereocenters. The molecule has 2 rings (SSSR count). The van der Waals surface area contributed by atoms with Crippen LogP contribution in [0.3, 0.4) is 0 Å². The molecule has 0 radical (unpaired) electrons. The molecule has 3 heteroatoms. The molecule has 0 N–H and O–H groups in total. The van der Waals surface area contributed by atoms with Crippen LogP contribution >= 0.6 is 0 Å². The topological polar surface area (TPSA) is 23.6 Å². The van der Waals surface area contributed by atoms with Gasteiger partial charge in [-0.25, -0.2) is 4.79 Å². The second-order valence-electron chi connectivity index (χ2n) is 4.28. The lowest BCUT2D eigenvalue weighted by Gasteiger charge is -2.22. The van der Waals surface area contributed by atoms with Crippen LogP contribution in [0.4, 0.5) is 4.79 Å². The molecule has 0 aromatic carbocycles. The van der Waals surface area contributed by atoms with Crippen LogP contribution in [0.2, 0.25) is 0 Å². The van der Waals surface area contributed by atoms with Crippen LogP contribution in [-0.2, 0) is 0 Å². The number of amides is 2. The minimum Gasteiger partial charge on any atom is -0.323 e. The van der Waals surface area contributed by atoms with Gasteiger partial charge >= 0.3 is 6.03 Å². The number of urea groups is 1. The van der Waals surface area contributed by atoms with E-state index in [9.17, 15) is 4.79 Å². The third-order valence-corrected chi connectivity index (χ3v) is 3.54. The van der Waals surface area contributed by atoms with Gasteiger partial charge in [-0.15, -0.1) is 0 Å². The molecule has 74 valence electrons. The van der Waals surface area contributed by atoms with Gasteiger partial charge in [-0.2, -0.15) is 0 Å². The number of hydrogen-bond donors (Lipinski definition) is 0. The average Bonchev–Trinajstić information content (AvgIpc) is 2.40. The van der Waals surface area contributed by atoms with Gasteiger partial charge in [0, 0.05) is 14.1 Å². The summed E-state index contributed by atoms with van der Waals surface area (Å²) in [5, 5.41) is 0. The van der Waals surface area contributed by atoms with E-state index in [0.717, 1.165) is 0 Å². The molecule has 1 saturated carbocycles. The third kappa shape index (κ3) is 1.30. The number of carbonyl (C=O) groups is 1. The summed E-state index contributed by atoms with van der Waals surface area (Å²) in [4.78, 5) is 15.5. The summed E-state index contributed by atoms with van der Waals surface area (Å²) in [6, 6.07) is 1.18. The first-order valence-corrected chi connectivity index (χ1v) is 5.21. The molecule has 2 fully saturated rings. The van der Waals surface area contributed by atoms with Crippen molar-refractivity contribution in [2.24, 2.45) is 0 Å². The summed E-state index contributed by atoms with van der Waals surface area (Å²) in [6.45, 7) is 0. The Morgan fingerprint density at radius 1 is 1.00 bits per heavy atom. The fourth-order valence-electron chi connectivity index (χ4n) is 2.70. The molecule has 2 amide bonds. The minimum absolute atomic E-state index is 0.205. The second kappa shape index (κ2) is 3.20. The quantitative estimate of drug-likeness (QED) is 0.559. The summed E-state index contributed by atoms with van der Waals surface area (Å²) in [7, 11) is 3.88. The first kappa shape index (κ1) is 8.85. The van der Waals surface area contributed by atoms with E-state index in [0.29, 0.717) is 12.1 Å². The lowest BCUT2D eigenvalue weighted by Crippen LogP contribution is -2.33. The zero-order chi connectivity index (χ0) is 9.42. The van der Waals surface area contributed by atoms with Crippen LogP contribution in [-0.4, -0.2) is 42.0 Å². The van der Waals surface area contributed by atoms with Crippen molar-refractivity contribution in [3.05, 3.63) is 0 Å². The molecular formula is C10H18N2O. The number of nitrogens with zero attached hydrogens (tertiary/aromatic N) is 2. The van der Waals surface area contributed by atoms with Crippen molar-refractivity contribution in [1.29, 1.82) is 0 Å². The molecule has 2 atom stereocenters. The van der Waals surface area contributed by atoms with Crippen molar-refractivity contribution in [1.82, 2.24) is 9.80 Å². The molecule has 1 saturated heterocycles.